The van der Waals surface area contributed by atoms with E-state index in [4.69, 9.17) is 4.74 Å². The van der Waals surface area contributed by atoms with Gasteiger partial charge in [0.15, 0.2) is 0 Å². The molecule has 0 bridgehead atoms. The van der Waals surface area contributed by atoms with Crippen LogP contribution in [0.1, 0.15) is 19.3 Å². The molecule has 2 fully saturated rings. The molecule has 1 aliphatic heterocycles. The van der Waals surface area contributed by atoms with Crippen molar-refractivity contribution in [2.24, 2.45) is 0 Å². The summed E-state index contributed by atoms with van der Waals surface area (Å²) in [5.41, 5.74) is 0. The van der Waals surface area contributed by atoms with Gasteiger partial charge in [0.25, 0.3) is 0 Å². The molecular formula is C13H15BrFNO3S. The minimum atomic E-state index is -3.81. The molecule has 2 aliphatic rings. The van der Waals surface area contributed by atoms with Crippen molar-refractivity contribution in [1.82, 2.24) is 4.31 Å². The van der Waals surface area contributed by atoms with Gasteiger partial charge in [-0.15, -0.1) is 0 Å². The van der Waals surface area contributed by atoms with E-state index < -0.39 is 15.8 Å². The molecule has 20 heavy (non-hydrogen) atoms. The van der Waals surface area contributed by atoms with Crippen LogP contribution in [0.25, 0.3) is 0 Å². The van der Waals surface area contributed by atoms with Crippen LogP contribution in [-0.2, 0) is 14.8 Å². The molecule has 7 heteroatoms. The van der Waals surface area contributed by atoms with E-state index in [0.717, 1.165) is 19.3 Å². The van der Waals surface area contributed by atoms with Gasteiger partial charge >= 0.3 is 0 Å². The number of ether oxygens (including phenoxy) is 1. The maximum Gasteiger partial charge on any atom is 0.246 e. The Morgan fingerprint density at radius 1 is 1.35 bits per heavy atom. The van der Waals surface area contributed by atoms with Gasteiger partial charge in [-0.3, -0.25) is 0 Å². The number of nitrogens with zero attached hydrogens (tertiary/aromatic N) is 1. The minimum Gasteiger partial charge on any atom is -0.375 e. The van der Waals surface area contributed by atoms with Gasteiger partial charge in [0.1, 0.15) is 10.7 Å². The van der Waals surface area contributed by atoms with Crippen LogP contribution < -0.4 is 0 Å². The number of hydrogen-bond donors (Lipinski definition) is 0. The quantitative estimate of drug-likeness (QED) is 0.810. The molecule has 1 heterocycles. The van der Waals surface area contributed by atoms with Gasteiger partial charge in [-0.05, 0) is 37.5 Å². The molecule has 2 unspecified atom stereocenters. The zero-order chi connectivity index (χ0) is 14.3. The molecule has 0 radical (unpaired) electrons. The Hall–Kier alpha value is -0.500. The first-order valence-corrected chi connectivity index (χ1v) is 8.82. The summed E-state index contributed by atoms with van der Waals surface area (Å²) in [6.45, 7) is 0.664. The molecule has 3 rings (SSSR count). The van der Waals surface area contributed by atoms with Gasteiger partial charge in [0.05, 0.1) is 18.8 Å². The summed E-state index contributed by atoms with van der Waals surface area (Å²) < 4.78 is 46.9. The summed E-state index contributed by atoms with van der Waals surface area (Å²) in [5, 5.41) is 0. The third kappa shape index (κ3) is 2.41. The zero-order valence-corrected chi connectivity index (χ0v) is 13.2. The standard InChI is InChI=1S/C13H15BrFNO3S/c14-9-4-5-13(10(15)8-9)20(17,18)16-6-7-19-12-3-1-2-11(12)16/h4-5,8,11-12H,1-3,6-7H2. The van der Waals surface area contributed by atoms with Gasteiger partial charge in [-0.1, -0.05) is 15.9 Å². The fourth-order valence-corrected chi connectivity index (χ4v) is 5.04. The number of halogens is 2. The predicted molar refractivity (Wildman–Crippen MR) is 75.4 cm³/mol. The third-order valence-corrected chi connectivity index (χ3v) is 6.36. The van der Waals surface area contributed by atoms with Gasteiger partial charge in [0.2, 0.25) is 10.0 Å². The van der Waals surface area contributed by atoms with Crippen LogP contribution in [0.3, 0.4) is 0 Å². The molecule has 0 spiro atoms. The first-order chi connectivity index (χ1) is 9.50. The van der Waals surface area contributed by atoms with Crippen molar-refractivity contribution in [3.63, 3.8) is 0 Å². The van der Waals surface area contributed by atoms with E-state index in [9.17, 15) is 12.8 Å². The Morgan fingerprint density at radius 3 is 2.90 bits per heavy atom. The molecule has 0 aromatic heterocycles. The van der Waals surface area contributed by atoms with Crippen molar-refractivity contribution < 1.29 is 17.5 Å². The Kier molecular flexibility index (Phi) is 3.87. The monoisotopic (exact) mass is 363 g/mol. The second kappa shape index (κ2) is 5.36. The van der Waals surface area contributed by atoms with E-state index in [0.29, 0.717) is 17.6 Å². The second-order valence-electron chi connectivity index (χ2n) is 5.10. The lowest BCUT2D eigenvalue weighted by Crippen LogP contribution is -2.51. The van der Waals surface area contributed by atoms with E-state index in [1.165, 1.54) is 16.4 Å². The molecular weight excluding hydrogens is 349 g/mol. The fraction of sp³-hybridized carbons (Fsp3) is 0.538. The lowest BCUT2D eigenvalue weighted by molar-refractivity contribution is -0.0242. The summed E-state index contributed by atoms with van der Waals surface area (Å²) in [5.74, 6) is -0.722. The molecule has 1 aromatic rings. The summed E-state index contributed by atoms with van der Waals surface area (Å²) in [6.07, 6.45) is 2.56. The van der Waals surface area contributed by atoms with Crippen molar-refractivity contribution >= 4 is 26.0 Å². The average Bonchev–Trinajstić information content (AvgIpc) is 2.85. The lowest BCUT2D eigenvalue weighted by Gasteiger charge is -2.36. The lowest BCUT2D eigenvalue weighted by atomic mass is 10.2. The summed E-state index contributed by atoms with van der Waals surface area (Å²) in [7, 11) is -3.81. The van der Waals surface area contributed by atoms with Gasteiger partial charge in [0, 0.05) is 11.0 Å². The maximum absolute atomic E-state index is 14.0. The van der Waals surface area contributed by atoms with Crippen molar-refractivity contribution in [3.05, 3.63) is 28.5 Å². The smallest absolute Gasteiger partial charge is 0.246 e. The Balaban J connectivity index is 1.98. The molecule has 110 valence electrons. The number of benzene rings is 1. The Morgan fingerprint density at radius 2 is 2.15 bits per heavy atom. The van der Waals surface area contributed by atoms with Crippen molar-refractivity contribution in [2.45, 2.75) is 36.3 Å². The number of morpholine rings is 1. The first-order valence-electron chi connectivity index (χ1n) is 6.58. The van der Waals surface area contributed by atoms with Crippen molar-refractivity contribution in [2.75, 3.05) is 13.2 Å². The SMILES string of the molecule is O=S(=O)(c1ccc(Br)cc1F)N1CCOC2CCCC21. The molecule has 1 saturated carbocycles. The number of rotatable bonds is 2. The van der Waals surface area contributed by atoms with Crippen LogP contribution in [0.15, 0.2) is 27.6 Å². The van der Waals surface area contributed by atoms with Crippen LogP contribution in [0.2, 0.25) is 0 Å². The van der Waals surface area contributed by atoms with Crippen LogP contribution in [0.4, 0.5) is 4.39 Å². The molecule has 0 N–H and O–H groups in total. The highest BCUT2D eigenvalue weighted by atomic mass is 79.9. The molecule has 2 atom stereocenters. The summed E-state index contributed by atoms with van der Waals surface area (Å²) in [4.78, 5) is -0.256. The number of hydrogen-bond acceptors (Lipinski definition) is 3. The van der Waals surface area contributed by atoms with Crippen LogP contribution in [0, 0.1) is 5.82 Å². The van der Waals surface area contributed by atoms with E-state index in [2.05, 4.69) is 15.9 Å². The van der Waals surface area contributed by atoms with Gasteiger partial charge < -0.3 is 4.74 Å². The topological polar surface area (TPSA) is 46.6 Å². The molecule has 1 aromatic carbocycles. The third-order valence-electron chi connectivity index (χ3n) is 3.91. The number of fused-ring (bicyclic) bond motifs is 1. The highest BCUT2D eigenvalue weighted by Gasteiger charge is 2.42. The molecule has 0 amide bonds. The van der Waals surface area contributed by atoms with Crippen LogP contribution in [0.5, 0.6) is 0 Å². The highest BCUT2D eigenvalue weighted by molar-refractivity contribution is 9.10. The first kappa shape index (κ1) is 14.4. The van der Waals surface area contributed by atoms with Crippen molar-refractivity contribution in [1.29, 1.82) is 0 Å². The van der Waals surface area contributed by atoms with Crippen LogP contribution in [-0.4, -0.2) is 38.0 Å². The van der Waals surface area contributed by atoms with E-state index in [1.807, 2.05) is 0 Å². The summed E-state index contributed by atoms with van der Waals surface area (Å²) >= 11 is 3.14. The minimum absolute atomic E-state index is 0.0444. The van der Waals surface area contributed by atoms with E-state index in [1.54, 1.807) is 6.07 Å². The fourth-order valence-electron chi connectivity index (χ4n) is 3.00. The Labute approximate surface area is 126 Å². The van der Waals surface area contributed by atoms with E-state index >= 15 is 0 Å². The van der Waals surface area contributed by atoms with Crippen LogP contribution >= 0.6 is 15.9 Å². The molecule has 1 aliphatic carbocycles. The molecule has 4 nitrogen and oxygen atoms in total. The van der Waals surface area contributed by atoms with Gasteiger partial charge in [-0.25, -0.2) is 12.8 Å². The molecule has 1 saturated heterocycles. The maximum atomic E-state index is 14.0. The zero-order valence-electron chi connectivity index (χ0n) is 10.8. The van der Waals surface area contributed by atoms with Crippen molar-refractivity contribution in [3.8, 4) is 0 Å². The van der Waals surface area contributed by atoms with E-state index in [-0.39, 0.29) is 17.0 Å². The summed E-state index contributed by atoms with van der Waals surface area (Å²) in [6, 6.07) is 3.88. The van der Waals surface area contributed by atoms with Gasteiger partial charge in [-0.2, -0.15) is 4.31 Å². The average molecular weight is 364 g/mol. The Bertz CT molecular complexity index is 622. The largest absolute Gasteiger partial charge is 0.375 e. The highest BCUT2D eigenvalue weighted by Crippen LogP contribution is 2.34. The second-order valence-corrected chi connectivity index (χ2v) is 7.87. The predicted octanol–water partition coefficient (Wildman–Crippen LogP) is 2.53. The number of sulfonamides is 1. The normalized spacial score (nSPS) is 27.5.